The van der Waals surface area contributed by atoms with Gasteiger partial charge in [-0.3, -0.25) is 0 Å². The van der Waals surface area contributed by atoms with Crippen LogP contribution in [0.3, 0.4) is 0 Å². The Morgan fingerprint density at radius 2 is 1.26 bits per heavy atom. The number of allylic oxidation sites excluding steroid dienone is 1. The highest BCUT2D eigenvalue weighted by Crippen LogP contribution is 2.14. The molecule has 0 aromatic carbocycles. The van der Waals surface area contributed by atoms with Crippen molar-refractivity contribution in [2.75, 3.05) is 27.1 Å². The highest BCUT2D eigenvalue weighted by molar-refractivity contribution is 4.72. The lowest BCUT2D eigenvalue weighted by molar-refractivity contribution is -0.147. The van der Waals surface area contributed by atoms with Gasteiger partial charge in [0.25, 0.3) is 0 Å². The molecule has 0 saturated carbocycles. The van der Waals surface area contributed by atoms with Crippen molar-refractivity contribution in [2.45, 2.75) is 110 Å². The summed E-state index contributed by atoms with van der Waals surface area (Å²) in [5.74, 6) is 0. The molecule has 0 atom stereocenters. The zero-order valence-corrected chi connectivity index (χ0v) is 18.4. The normalized spacial score (nSPS) is 11.7. The van der Waals surface area contributed by atoms with Crippen LogP contribution in [0, 0.1) is 0 Å². The minimum absolute atomic E-state index is 0.0176. The number of unbranched alkanes of at least 4 members (excludes halogenated alkanes) is 10. The van der Waals surface area contributed by atoms with Crippen molar-refractivity contribution >= 4 is 0 Å². The first-order chi connectivity index (χ1) is 13.3. The van der Waals surface area contributed by atoms with Crippen molar-refractivity contribution in [1.29, 1.82) is 0 Å². The zero-order chi connectivity index (χ0) is 19.8. The number of hydrogen-bond acceptors (Lipinski definition) is 4. The molecule has 0 rings (SSSR count). The number of methoxy groups -OCH3 is 1. The summed E-state index contributed by atoms with van der Waals surface area (Å²) < 4.78 is 21.7. The molecule has 0 aliphatic rings. The van der Waals surface area contributed by atoms with Crippen LogP contribution in [0.5, 0.6) is 0 Å². The molecule has 0 aromatic rings. The predicted molar refractivity (Wildman–Crippen MR) is 114 cm³/mol. The summed E-state index contributed by atoms with van der Waals surface area (Å²) in [5, 5.41) is 0. The third-order valence-corrected chi connectivity index (χ3v) is 4.54. The van der Waals surface area contributed by atoms with E-state index >= 15 is 0 Å². The molecule has 0 heterocycles. The van der Waals surface area contributed by atoms with E-state index in [1.54, 1.807) is 13.4 Å². The summed E-state index contributed by atoms with van der Waals surface area (Å²) >= 11 is 0. The van der Waals surface area contributed by atoms with Gasteiger partial charge in [0.05, 0.1) is 6.26 Å². The maximum Gasteiger partial charge on any atom is 0.187 e. The monoisotopic (exact) mass is 386 g/mol. The maximum atomic E-state index is 5.90. The molecule has 0 unspecified atom stereocenters. The van der Waals surface area contributed by atoms with Gasteiger partial charge in [-0.1, -0.05) is 65.2 Å². The minimum Gasteiger partial charge on any atom is -0.476 e. The molecular weight excluding hydrogens is 340 g/mol. The third kappa shape index (κ3) is 21.6. The molecule has 0 saturated heterocycles. The fourth-order valence-electron chi connectivity index (χ4n) is 2.81. The lowest BCUT2D eigenvalue weighted by Gasteiger charge is -2.18. The summed E-state index contributed by atoms with van der Waals surface area (Å²) in [6, 6.07) is 0. The van der Waals surface area contributed by atoms with Crippen molar-refractivity contribution in [3.05, 3.63) is 12.3 Å². The Morgan fingerprint density at radius 3 is 1.81 bits per heavy atom. The molecule has 4 heteroatoms. The molecule has 0 N–H and O–H groups in total. The van der Waals surface area contributed by atoms with Gasteiger partial charge in [0.2, 0.25) is 0 Å². The summed E-state index contributed by atoms with van der Waals surface area (Å²) in [5.41, 5.74) is 0. The third-order valence-electron chi connectivity index (χ3n) is 4.54. The SMILES string of the molecule is CCCCOC(CCCCCCCCCCC=COCOC)OCCCC. The van der Waals surface area contributed by atoms with Crippen LogP contribution >= 0.6 is 0 Å². The minimum atomic E-state index is 0.0176. The molecule has 0 radical (unpaired) electrons. The van der Waals surface area contributed by atoms with E-state index in [0.29, 0.717) is 6.79 Å². The lowest BCUT2D eigenvalue weighted by Crippen LogP contribution is -2.18. The molecule has 0 aromatic heterocycles. The van der Waals surface area contributed by atoms with Crippen LogP contribution in [0.25, 0.3) is 0 Å². The van der Waals surface area contributed by atoms with Gasteiger partial charge >= 0.3 is 0 Å². The average Bonchev–Trinajstić information content (AvgIpc) is 2.68. The van der Waals surface area contributed by atoms with Gasteiger partial charge in [0.1, 0.15) is 0 Å². The Morgan fingerprint density at radius 1 is 0.704 bits per heavy atom. The second-order valence-electron chi connectivity index (χ2n) is 7.23. The van der Waals surface area contributed by atoms with E-state index < -0.39 is 0 Å². The zero-order valence-electron chi connectivity index (χ0n) is 18.4. The summed E-state index contributed by atoms with van der Waals surface area (Å²) in [6.07, 6.45) is 21.1. The smallest absolute Gasteiger partial charge is 0.187 e. The molecule has 0 amide bonds. The molecule has 162 valence electrons. The molecule has 4 nitrogen and oxygen atoms in total. The Hall–Kier alpha value is -0.580. The largest absolute Gasteiger partial charge is 0.476 e. The van der Waals surface area contributed by atoms with Crippen LogP contribution in [-0.2, 0) is 18.9 Å². The van der Waals surface area contributed by atoms with E-state index in [0.717, 1.165) is 38.9 Å². The van der Waals surface area contributed by atoms with E-state index in [2.05, 4.69) is 19.9 Å². The average molecular weight is 387 g/mol. The fourth-order valence-corrected chi connectivity index (χ4v) is 2.81. The highest BCUT2D eigenvalue weighted by Gasteiger charge is 2.08. The van der Waals surface area contributed by atoms with Crippen molar-refractivity contribution in [3.63, 3.8) is 0 Å². The van der Waals surface area contributed by atoms with Gasteiger partial charge in [-0.05, 0) is 44.6 Å². The Kier molecular flexibility index (Phi) is 23.0. The molecule has 0 fully saturated rings. The quantitative estimate of drug-likeness (QED) is 0.114. The van der Waals surface area contributed by atoms with Gasteiger partial charge in [0.15, 0.2) is 13.1 Å². The number of rotatable bonds is 22. The number of ether oxygens (including phenoxy) is 4. The van der Waals surface area contributed by atoms with Gasteiger partial charge in [0, 0.05) is 20.3 Å². The highest BCUT2D eigenvalue weighted by atomic mass is 16.7. The van der Waals surface area contributed by atoms with Crippen molar-refractivity contribution < 1.29 is 18.9 Å². The van der Waals surface area contributed by atoms with Crippen molar-refractivity contribution in [1.82, 2.24) is 0 Å². The lowest BCUT2D eigenvalue weighted by atomic mass is 10.1. The van der Waals surface area contributed by atoms with Gasteiger partial charge in [-0.25, -0.2) is 0 Å². The Labute approximate surface area is 169 Å². The first kappa shape index (κ1) is 26.4. The van der Waals surface area contributed by atoms with Crippen molar-refractivity contribution in [2.24, 2.45) is 0 Å². The van der Waals surface area contributed by atoms with Gasteiger partial charge in [-0.2, -0.15) is 0 Å². The summed E-state index contributed by atoms with van der Waals surface area (Å²) in [6.45, 7) is 6.41. The molecule has 0 aliphatic carbocycles. The van der Waals surface area contributed by atoms with Crippen LogP contribution in [0.15, 0.2) is 12.3 Å². The second kappa shape index (κ2) is 23.5. The Balaban J connectivity index is 3.45. The van der Waals surface area contributed by atoms with Crippen LogP contribution in [0.4, 0.5) is 0 Å². The molecular formula is C23H46O4. The Bertz CT molecular complexity index is 284. The molecule has 0 spiro atoms. The van der Waals surface area contributed by atoms with Crippen LogP contribution < -0.4 is 0 Å². The number of hydrogen-bond donors (Lipinski definition) is 0. The van der Waals surface area contributed by atoms with Crippen LogP contribution in [0.1, 0.15) is 104 Å². The summed E-state index contributed by atoms with van der Waals surface area (Å²) in [7, 11) is 1.63. The van der Waals surface area contributed by atoms with E-state index in [1.165, 1.54) is 64.2 Å². The topological polar surface area (TPSA) is 36.9 Å². The fraction of sp³-hybridized carbons (Fsp3) is 0.913. The van der Waals surface area contributed by atoms with Crippen molar-refractivity contribution in [3.8, 4) is 0 Å². The molecule has 0 aliphatic heterocycles. The van der Waals surface area contributed by atoms with E-state index in [9.17, 15) is 0 Å². The van der Waals surface area contributed by atoms with Gasteiger partial charge in [-0.15, -0.1) is 0 Å². The van der Waals surface area contributed by atoms with E-state index in [1.807, 2.05) is 0 Å². The first-order valence-electron chi connectivity index (χ1n) is 11.3. The molecule has 0 bridgehead atoms. The molecule has 27 heavy (non-hydrogen) atoms. The summed E-state index contributed by atoms with van der Waals surface area (Å²) in [4.78, 5) is 0. The first-order valence-corrected chi connectivity index (χ1v) is 11.3. The predicted octanol–water partition coefficient (Wildman–Crippen LogP) is 6.98. The van der Waals surface area contributed by atoms with Gasteiger partial charge < -0.3 is 18.9 Å². The second-order valence-corrected chi connectivity index (χ2v) is 7.23. The van der Waals surface area contributed by atoms with Crippen LogP contribution in [-0.4, -0.2) is 33.4 Å². The van der Waals surface area contributed by atoms with E-state index in [-0.39, 0.29) is 6.29 Å². The standard InChI is InChI=1S/C23H46O4/c1-4-6-20-26-23(27-21-7-5-2)18-16-14-12-10-8-9-11-13-15-17-19-25-22-24-3/h17,19,23H,4-16,18,20-22H2,1-3H3. The van der Waals surface area contributed by atoms with E-state index in [4.69, 9.17) is 18.9 Å². The van der Waals surface area contributed by atoms with Crippen LogP contribution in [0.2, 0.25) is 0 Å². The maximum absolute atomic E-state index is 5.90.